The van der Waals surface area contributed by atoms with Gasteiger partial charge in [-0.1, -0.05) is 12.1 Å². The summed E-state index contributed by atoms with van der Waals surface area (Å²) in [7, 11) is 1.77. The maximum atomic E-state index is 12.1. The van der Waals surface area contributed by atoms with Crippen LogP contribution < -0.4 is 5.32 Å². The molecule has 0 atom stereocenters. The van der Waals surface area contributed by atoms with Gasteiger partial charge in [0.05, 0.1) is 17.8 Å². The first-order valence-corrected chi connectivity index (χ1v) is 7.69. The molecule has 0 radical (unpaired) electrons. The summed E-state index contributed by atoms with van der Waals surface area (Å²) in [5.74, 6) is -0.265. The molecule has 0 aromatic heterocycles. The third-order valence-electron chi connectivity index (χ3n) is 3.86. The quantitative estimate of drug-likeness (QED) is 0.842. The maximum Gasteiger partial charge on any atom is 0.340 e. The summed E-state index contributed by atoms with van der Waals surface area (Å²) in [5.41, 5.74) is 1.48. The lowest BCUT2D eigenvalue weighted by Gasteiger charge is -2.29. The van der Waals surface area contributed by atoms with Crippen LogP contribution in [0.5, 0.6) is 0 Å². The van der Waals surface area contributed by atoms with Crippen molar-refractivity contribution in [3.05, 3.63) is 29.8 Å². The minimum absolute atomic E-state index is 0.109. The number of hydrogen-bond donors (Lipinski definition) is 1. The molecule has 0 unspecified atom stereocenters. The number of anilines is 1. The van der Waals surface area contributed by atoms with Crippen LogP contribution in [0.25, 0.3) is 0 Å². The number of carbonyl (C=O) groups excluding carboxylic acids is 1. The lowest BCUT2D eigenvalue weighted by molar-refractivity contribution is 0.0378. The minimum Gasteiger partial charge on any atom is -0.459 e. The Morgan fingerprint density at radius 3 is 2.48 bits per heavy atom. The first-order chi connectivity index (χ1) is 10.1. The Bertz CT molecular complexity index is 465. The van der Waals surface area contributed by atoms with Gasteiger partial charge in [0.2, 0.25) is 0 Å². The molecule has 0 spiro atoms. The van der Waals surface area contributed by atoms with E-state index in [-0.39, 0.29) is 12.1 Å². The number of methoxy groups -OCH3 is 1. The van der Waals surface area contributed by atoms with Crippen molar-refractivity contribution in [1.29, 1.82) is 0 Å². The van der Waals surface area contributed by atoms with Crippen molar-refractivity contribution in [1.82, 2.24) is 0 Å². The number of rotatable bonds is 5. The van der Waals surface area contributed by atoms with Gasteiger partial charge in [-0.15, -0.1) is 0 Å². The molecule has 0 aliphatic heterocycles. The standard InChI is InChI=1S/C17H25NO3/c1-12(2)21-17(19)15-6-4-5-7-16(15)18-13-8-10-14(20-3)11-9-13/h4-7,12-14,18H,8-11H2,1-3H3. The molecule has 2 rings (SSSR count). The van der Waals surface area contributed by atoms with Gasteiger partial charge in [0, 0.05) is 18.8 Å². The first kappa shape index (κ1) is 15.8. The van der Waals surface area contributed by atoms with Crippen molar-refractivity contribution in [3.63, 3.8) is 0 Å². The zero-order chi connectivity index (χ0) is 15.2. The number of benzene rings is 1. The highest BCUT2D eigenvalue weighted by molar-refractivity contribution is 5.95. The summed E-state index contributed by atoms with van der Waals surface area (Å²) in [6, 6.07) is 7.95. The molecule has 0 saturated heterocycles. The van der Waals surface area contributed by atoms with E-state index in [1.54, 1.807) is 7.11 Å². The zero-order valence-electron chi connectivity index (χ0n) is 13.1. The van der Waals surface area contributed by atoms with Crippen LogP contribution >= 0.6 is 0 Å². The molecule has 0 amide bonds. The Morgan fingerprint density at radius 2 is 1.86 bits per heavy atom. The van der Waals surface area contributed by atoms with Crippen molar-refractivity contribution < 1.29 is 14.3 Å². The highest BCUT2D eigenvalue weighted by Gasteiger charge is 2.22. The Morgan fingerprint density at radius 1 is 1.19 bits per heavy atom. The Labute approximate surface area is 126 Å². The van der Waals surface area contributed by atoms with E-state index in [0.29, 0.717) is 17.7 Å². The van der Waals surface area contributed by atoms with Gasteiger partial charge < -0.3 is 14.8 Å². The van der Waals surface area contributed by atoms with E-state index in [4.69, 9.17) is 9.47 Å². The van der Waals surface area contributed by atoms with Crippen molar-refractivity contribution in [2.24, 2.45) is 0 Å². The predicted octanol–water partition coefficient (Wildman–Crippen LogP) is 3.62. The molecule has 1 aliphatic carbocycles. The SMILES string of the molecule is COC1CCC(Nc2ccccc2C(=O)OC(C)C)CC1. The van der Waals surface area contributed by atoms with Gasteiger partial charge in [-0.05, 0) is 51.7 Å². The van der Waals surface area contributed by atoms with Crippen LogP contribution in [-0.2, 0) is 9.47 Å². The van der Waals surface area contributed by atoms with Crippen molar-refractivity contribution in [2.45, 2.75) is 57.8 Å². The number of nitrogens with one attached hydrogen (secondary N) is 1. The Hall–Kier alpha value is -1.55. The third kappa shape index (κ3) is 4.46. The smallest absolute Gasteiger partial charge is 0.340 e. The van der Waals surface area contributed by atoms with Gasteiger partial charge >= 0.3 is 5.97 Å². The van der Waals surface area contributed by atoms with E-state index in [2.05, 4.69) is 5.32 Å². The third-order valence-corrected chi connectivity index (χ3v) is 3.86. The van der Waals surface area contributed by atoms with Crippen LogP contribution in [0.15, 0.2) is 24.3 Å². The van der Waals surface area contributed by atoms with Crippen molar-refractivity contribution in [2.75, 3.05) is 12.4 Å². The van der Waals surface area contributed by atoms with Crippen LogP contribution in [0.4, 0.5) is 5.69 Å². The zero-order valence-corrected chi connectivity index (χ0v) is 13.1. The lowest BCUT2D eigenvalue weighted by atomic mass is 9.92. The number of ether oxygens (including phenoxy) is 2. The van der Waals surface area contributed by atoms with Gasteiger partial charge in [-0.2, -0.15) is 0 Å². The van der Waals surface area contributed by atoms with Crippen LogP contribution in [0.3, 0.4) is 0 Å². The molecule has 21 heavy (non-hydrogen) atoms. The topological polar surface area (TPSA) is 47.6 Å². The van der Waals surface area contributed by atoms with Crippen LogP contribution in [0.2, 0.25) is 0 Å². The molecule has 0 bridgehead atoms. The summed E-state index contributed by atoms with van der Waals surface area (Å²) in [4.78, 5) is 12.1. The van der Waals surface area contributed by atoms with Gasteiger partial charge in [0.1, 0.15) is 0 Å². The van der Waals surface area contributed by atoms with Gasteiger partial charge in [0.15, 0.2) is 0 Å². The van der Waals surface area contributed by atoms with Gasteiger partial charge in [-0.25, -0.2) is 4.79 Å². The Kier molecular flexibility index (Phi) is 5.62. The van der Waals surface area contributed by atoms with Crippen LogP contribution in [-0.4, -0.2) is 31.3 Å². The highest BCUT2D eigenvalue weighted by atomic mass is 16.5. The summed E-state index contributed by atoms with van der Waals surface area (Å²) in [5, 5.41) is 3.49. The molecule has 0 heterocycles. The summed E-state index contributed by atoms with van der Waals surface area (Å²) in [6.45, 7) is 3.72. The lowest BCUT2D eigenvalue weighted by Crippen LogP contribution is -2.30. The molecule has 1 aromatic rings. The summed E-state index contributed by atoms with van der Waals surface area (Å²) in [6.07, 6.45) is 4.52. The summed E-state index contributed by atoms with van der Waals surface area (Å²) < 4.78 is 10.7. The summed E-state index contributed by atoms with van der Waals surface area (Å²) >= 11 is 0. The van der Waals surface area contributed by atoms with E-state index in [9.17, 15) is 4.79 Å². The van der Waals surface area contributed by atoms with E-state index < -0.39 is 0 Å². The fourth-order valence-electron chi connectivity index (χ4n) is 2.73. The molecule has 1 saturated carbocycles. The molecular weight excluding hydrogens is 266 g/mol. The van der Waals surface area contributed by atoms with E-state index in [1.165, 1.54) is 0 Å². The number of hydrogen-bond acceptors (Lipinski definition) is 4. The average Bonchev–Trinajstić information content (AvgIpc) is 2.48. The van der Waals surface area contributed by atoms with Gasteiger partial charge in [-0.3, -0.25) is 0 Å². The minimum atomic E-state index is -0.265. The molecule has 1 aromatic carbocycles. The van der Waals surface area contributed by atoms with Crippen LogP contribution in [0, 0.1) is 0 Å². The fraction of sp³-hybridized carbons (Fsp3) is 0.588. The number of esters is 1. The van der Waals surface area contributed by atoms with Crippen molar-refractivity contribution in [3.8, 4) is 0 Å². The fourth-order valence-corrected chi connectivity index (χ4v) is 2.73. The maximum absolute atomic E-state index is 12.1. The second kappa shape index (κ2) is 7.46. The van der Waals surface area contributed by atoms with Crippen LogP contribution in [0.1, 0.15) is 49.9 Å². The van der Waals surface area contributed by atoms with E-state index >= 15 is 0 Å². The molecule has 1 fully saturated rings. The predicted molar refractivity (Wildman–Crippen MR) is 83.7 cm³/mol. The van der Waals surface area contributed by atoms with E-state index in [1.807, 2.05) is 38.1 Å². The molecule has 116 valence electrons. The molecular formula is C17H25NO3. The highest BCUT2D eigenvalue weighted by Crippen LogP contribution is 2.25. The normalized spacial score (nSPS) is 22.1. The molecule has 1 aliphatic rings. The second-order valence-corrected chi connectivity index (χ2v) is 5.85. The van der Waals surface area contributed by atoms with Crippen molar-refractivity contribution >= 4 is 11.7 Å². The van der Waals surface area contributed by atoms with Gasteiger partial charge in [0.25, 0.3) is 0 Å². The molecule has 1 N–H and O–H groups in total. The second-order valence-electron chi connectivity index (χ2n) is 5.85. The largest absolute Gasteiger partial charge is 0.459 e. The van der Waals surface area contributed by atoms with E-state index in [0.717, 1.165) is 31.4 Å². The average molecular weight is 291 g/mol. The molecule has 4 heteroatoms. The monoisotopic (exact) mass is 291 g/mol. The first-order valence-electron chi connectivity index (χ1n) is 7.69. The number of para-hydroxylation sites is 1. The Balaban J connectivity index is 2.02. The number of carbonyl (C=O) groups is 1. The molecule has 4 nitrogen and oxygen atoms in total.